The number of nitrogens with zero attached hydrogens (tertiary/aromatic N) is 2. The first kappa shape index (κ1) is 13.1. The van der Waals surface area contributed by atoms with E-state index in [1.165, 1.54) is 0 Å². The maximum absolute atomic E-state index is 9.46. The van der Waals surface area contributed by atoms with E-state index in [1.54, 1.807) is 0 Å². The van der Waals surface area contributed by atoms with Gasteiger partial charge in [0.05, 0.1) is 12.5 Å². The van der Waals surface area contributed by atoms with Crippen molar-refractivity contribution in [1.82, 2.24) is 9.80 Å². The first-order valence-corrected chi connectivity index (χ1v) is 6.75. The molecule has 1 aliphatic heterocycles. The van der Waals surface area contributed by atoms with Gasteiger partial charge in [0.25, 0.3) is 0 Å². The van der Waals surface area contributed by atoms with E-state index >= 15 is 0 Å². The molecule has 1 fully saturated rings. The second-order valence-electron chi connectivity index (χ2n) is 4.63. The lowest BCUT2D eigenvalue weighted by molar-refractivity contribution is 0.127. The quantitative estimate of drug-likeness (QED) is 0.912. The van der Waals surface area contributed by atoms with Crippen molar-refractivity contribution < 1.29 is 9.52 Å². The molecular formula is C12H19BrN2O2. The van der Waals surface area contributed by atoms with Crippen LogP contribution in [0.4, 0.5) is 0 Å². The summed E-state index contributed by atoms with van der Waals surface area (Å²) < 4.78 is 6.25. The number of hydrogen-bond acceptors (Lipinski definition) is 4. The number of furan rings is 1. The summed E-state index contributed by atoms with van der Waals surface area (Å²) in [4.78, 5) is 4.71. The molecule has 1 unspecified atom stereocenters. The predicted octanol–water partition coefficient (Wildman–Crippen LogP) is 1.37. The maximum atomic E-state index is 9.46. The summed E-state index contributed by atoms with van der Waals surface area (Å²) in [6, 6.07) is 3.81. The third-order valence-electron chi connectivity index (χ3n) is 3.29. The van der Waals surface area contributed by atoms with Gasteiger partial charge >= 0.3 is 0 Å². The SMILES string of the molecule is CN1CCN(CC(CO)c2ccc(Br)o2)CC1. The molecule has 2 heterocycles. The highest BCUT2D eigenvalue weighted by atomic mass is 79.9. The molecule has 0 bridgehead atoms. The van der Waals surface area contributed by atoms with Crippen molar-refractivity contribution in [3.05, 3.63) is 22.6 Å². The van der Waals surface area contributed by atoms with E-state index in [0.29, 0.717) is 0 Å². The Bertz CT molecular complexity index is 348. The van der Waals surface area contributed by atoms with Crippen LogP contribution in [0.1, 0.15) is 11.7 Å². The van der Waals surface area contributed by atoms with E-state index in [-0.39, 0.29) is 12.5 Å². The fourth-order valence-electron chi connectivity index (χ4n) is 2.13. The number of likely N-dealkylation sites (N-methyl/N-ethyl adjacent to an activating group) is 1. The van der Waals surface area contributed by atoms with Crippen molar-refractivity contribution in [2.24, 2.45) is 0 Å². The molecule has 1 N–H and O–H groups in total. The minimum absolute atomic E-state index is 0.0738. The van der Waals surface area contributed by atoms with Gasteiger partial charge in [-0.05, 0) is 35.1 Å². The first-order chi connectivity index (χ1) is 8.19. The van der Waals surface area contributed by atoms with Crippen molar-refractivity contribution in [2.45, 2.75) is 5.92 Å². The lowest BCUT2D eigenvalue weighted by Gasteiger charge is -2.33. The smallest absolute Gasteiger partial charge is 0.169 e. The lowest BCUT2D eigenvalue weighted by Crippen LogP contribution is -2.46. The Kier molecular flexibility index (Phi) is 4.62. The molecule has 17 heavy (non-hydrogen) atoms. The minimum Gasteiger partial charge on any atom is -0.454 e. The minimum atomic E-state index is 0.0738. The van der Waals surface area contributed by atoms with Gasteiger partial charge in [0.2, 0.25) is 0 Å². The molecule has 4 nitrogen and oxygen atoms in total. The molecule has 0 spiro atoms. The first-order valence-electron chi connectivity index (χ1n) is 5.96. The van der Waals surface area contributed by atoms with Crippen LogP contribution >= 0.6 is 15.9 Å². The monoisotopic (exact) mass is 302 g/mol. The summed E-state index contributed by atoms with van der Waals surface area (Å²) in [6.45, 7) is 5.32. The second kappa shape index (κ2) is 6.00. The van der Waals surface area contributed by atoms with Gasteiger partial charge in [0, 0.05) is 32.7 Å². The summed E-state index contributed by atoms with van der Waals surface area (Å²) in [7, 11) is 2.14. The van der Waals surface area contributed by atoms with Crippen LogP contribution < -0.4 is 0 Å². The van der Waals surface area contributed by atoms with E-state index < -0.39 is 0 Å². The molecule has 0 amide bonds. The fourth-order valence-corrected chi connectivity index (χ4v) is 2.45. The lowest BCUT2D eigenvalue weighted by atomic mass is 10.1. The van der Waals surface area contributed by atoms with Crippen molar-refractivity contribution in [3.8, 4) is 0 Å². The zero-order valence-corrected chi connectivity index (χ0v) is 11.7. The van der Waals surface area contributed by atoms with E-state index in [1.807, 2.05) is 12.1 Å². The van der Waals surface area contributed by atoms with Gasteiger partial charge in [-0.15, -0.1) is 0 Å². The van der Waals surface area contributed by atoms with Gasteiger partial charge in [-0.1, -0.05) is 0 Å². The molecule has 0 aromatic carbocycles. The fraction of sp³-hybridized carbons (Fsp3) is 0.667. The summed E-state index contributed by atoms with van der Waals surface area (Å²) >= 11 is 3.29. The topological polar surface area (TPSA) is 39.9 Å². The zero-order valence-electron chi connectivity index (χ0n) is 10.1. The number of piperazine rings is 1. The Morgan fingerprint density at radius 2 is 2.06 bits per heavy atom. The summed E-state index contributed by atoms with van der Waals surface area (Å²) in [5, 5.41) is 9.46. The van der Waals surface area contributed by atoms with Crippen molar-refractivity contribution in [2.75, 3.05) is 46.4 Å². The van der Waals surface area contributed by atoms with Gasteiger partial charge in [-0.25, -0.2) is 0 Å². The van der Waals surface area contributed by atoms with Gasteiger partial charge in [-0.3, -0.25) is 4.90 Å². The number of rotatable bonds is 4. The summed E-state index contributed by atoms with van der Waals surface area (Å²) in [6.07, 6.45) is 0. The number of halogens is 1. The van der Waals surface area contributed by atoms with Crippen LogP contribution in [0.15, 0.2) is 21.2 Å². The molecule has 1 aromatic rings. The third-order valence-corrected chi connectivity index (χ3v) is 3.72. The van der Waals surface area contributed by atoms with Gasteiger partial charge in [-0.2, -0.15) is 0 Å². The molecule has 0 saturated carbocycles. The van der Waals surface area contributed by atoms with Crippen LogP contribution in [0.3, 0.4) is 0 Å². The van der Waals surface area contributed by atoms with Crippen LogP contribution in [0.2, 0.25) is 0 Å². The maximum Gasteiger partial charge on any atom is 0.169 e. The summed E-state index contributed by atoms with van der Waals surface area (Å²) in [5.41, 5.74) is 0. The number of aliphatic hydroxyl groups is 1. The van der Waals surface area contributed by atoms with Crippen molar-refractivity contribution in [1.29, 1.82) is 0 Å². The normalized spacial score (nSPS) is 20.6. The third kappa shape index (κ3) is 3.55. The molecule has 1 aromatic heterocycles. The van der Waals surface area contributed by atoms with Gasteiger partial charge in [0.1, 0.15) is 5.76 Å². The Morgan fingerprint density at radius 3 is 2.59 bits per heavy atom. The summed E-state index contributed by atoms with van der Waals surface area (Å²) in [5.74, 6) is 0.933. The largest absolute Gasteiger partial charge is 0.454 e. The highest BCUT2D eigenvalue weighted by Crippen LogP contribution is 2.23. The van der Waals surface area contributed by atoms with E-state index in [9.17, 15) is 5.11 Å². The van der Waals surface area contributed by atoms with Crippen molar-refractivity contribution in [3.63, 3.8) is 0 Å². The molecule has 5 heteroatoms. The average Bonchev–Trinajstić information content (AvgIpc) is 2.75. The molecule has 96 valence electrons. The van der Waals surface area contributed by atoms with E-state index in [4.69, 9.17) is 4.42 Å². The van der Waals surface area contributed by atoms with Crippen LogP contribution in [0.25, 0.3) is 0 Å². The van der Waals surface area contributed by atoms with Crippen LogP contribution in [-0.2, 0) is 0 Å². The highest BCUT2D eigenvalue weighted by molar-refractivity contribution is 9.10. The van der Waals surface area contributed by atoms with E-state index in [2.05, 4.69) is 32.8 Å². The number of hydrogen-bond donors (Lipinski definition) is 1. The molecule has 0 radical (unpaired) electrons. The highest BCUT2D eigenvalue weighted by Gasteiger charge is 2.21. The van der Waals surface area contributed by atoms with Crippen LogP contribution in [0, 0.1) is 0 Å². The standard InChI is InChI=1S/C12H19BrN2O2/c1-14-4-6-15(7-5-14)8-10(9-16)11-2-3-12(13)17-11/h2-3,10,16H,4-9H2,1H3. The molecule has 1 atom stereocenters. The molecule has 2 rings (SSSR count). The Morgan fingerprint density at radius 1 is 1.35 bits per heavy atom. The van der Waals surface area contributed by atoms with Crippen LogP contribution in [-0.4, -0.2) is 61.3 Å². The van der Waals surface area contributed by atoms with Crippen LogP contribution in [0.5, 0.6) is 0 Å². The molecular weight excluding hydrogens is 284 g/mol. The molecule has 1 saturated heterocycles. The van der Waals surface area contributed by atoms with Gasteiger partial charge in [0.15, 0.2) is 4.67 Å². The Balaban J connectivity index is 1.91. The number of aliphatic hydroxyl groups excluding tert-OH is 1. The zero-order chi connectivity index (χ0) is 12.3. The average molecular weight is 303 g/mol. The Hall–Kier alpha value is -0.360. The molecule has 0 aliphatic carbocycles. The van der Waals surface area contributed by atoms with E-state index in [0.717, 1.165) is 43.2 Å². The van der Waals surface area contributed by atoms with Crippen molar-refractivity contribution >= 4 is 15.9 Å². The molecule has 1 aliphatic rings. The predicted molar refractivity (Wildman–Crippen MR) is 70.2 cm³/mol. The second-order valence-corrected chi connectivity index (χ2v) is 5.41. The Labute approximate surface area is 110 Å². The van der Waals surface area contributed by atoms with Gasteiger partial charge < -0.3 is 14.4 Å².